The third kappa shape index (κ3) is 3.77. The van der Waals surface area contributed by atoms with Crippen LogP contribution in [0, 0.1) is 6.92 Å². The fourth-order valence-corrected chi connectivity index (χ4v) is 1.27. The van der Waals surface area contributed by atoms with Crippen molar-refractivity contribution in [3.63, 3.8) is 0 Å². The Morgan fingerprint density at radius 1 is 1.50 bits per heavy atom. The first kappa shape index (κ1) is 12.3. The molecule has 0 bridgehead atoms. The second kappa shape index (κ2) is 5.95. The average Bonchev–Trinajstić information content (AvgIpc) is 2.26. The van der Waals surface area contributed by atoms with Crippen molar-refractivity contribution < 1.29 is 9.53 Å². The highest BCUT2D eigenvalue weighted by atomic mass is 16.5. The van der Waals surface area contributed by atoms with Gasteiger partial charge in [-0.2, -0.15) is 0 Å². The van der Waals surface area contributed by atoms with E-state index in [1.165, 1.54) is 5.56 Å². The first-order chi connectivity index (χ1) is 7.63. The van der Waals surface area contributed by atoms with Crippen LogP contribution >= 0.6 is 0 Å². The smallest absolute Gasteiger partial charge is 0.335 e. The zero-order chi connectivity index (χ0) is 12.0. The Bertz CT molecular complexity index is 385. The lowest BCUT2D eigenvalue weighted by Crippen LogP contribution is -2.14. The summed E-state index contributed by atoms with van der Waals surface area (Å²) in [4.78, 5) is 11.3. The molecule has 1 aromatic carbocycles. The number of anilines is 1. The number of aryl methyl sites for hydroxylation is 1. The molecular formula is C13H17NO2. The number of benzene rings is 1. The molecule has 0 aliphatic carbocycles. The molecule has 0 saturated heterocycles. The van der Waals surface area contributed by atoms with Gasteiger partial charge in [0.2, 0.25) is 0 Å². The number of rotatable bonds is 5. The van der Waals surface area contributed by atoms with Crippen LogP contribution in [0.1, 0.15) is 12.5 Å². The molecule has 0 aliphatic heterocycles. The van der Waals surface area contributed by atoms with Crippen LogP contribution < -0.4 is 5.32 Å². The molecule has 1 rings (SSSR count). The monoisotopic (exact) mass is 219 g/mol. The molecule has 0 aliphatic rings. The zero-order valence-electron chi connectivity index (χ0n) is 9.75. The van der Waals surface area contributed by atoms with E-state index in [-0.39, 0.29) is 5.97 Å². The predicted octanol–water partition coefficient (Wildman–Crippen LogP) is 2.53. The fourth-order valence-electron chi connectivity index (χ4n) is 1.27. The lowest BCUT2D eigenvalue weighted by molar-refractivity contribution is -0.138. The lowest BCUT2D eigenvalue weighted by atomic mass is 10.2. The minimum atomic E-state index is -0.345. The number of nitrogens with one attached hydrogen (secondary N) is 1. The second-order valence-electron chi connectivity index (χ2n) is 3.55. The maximum Gasteiger partial charge on any atom is 0.335 e. The fraction of sp³-hybridized carbons (Fsp3) is 0.308. The van der Waals surface area contributed by atoms with Gasteiger partial charge in [0.05, 0.1) is 6.61 Å². The number of hydrogen-bond donors (Lipinski definition) is 1. The van der Waals surface area contributed by atoms with Crippen molar-refractivity contribution in [1.29, 1.82) is 0 Å². The average molecular weight is 219 g/mol. The van der Waals surface area contributed by atoms with Gasteiger partial charge in [0.15, 0.2) is 0 Å². The van der Waals surface area contributed by atoms with E-state index in [0.29, 0.717) is 18.7 Å². The van der Waals surface area contributed by atoms with Crippen molar-refractivity contribution in [2.45, 2.75) is 13.8 Å². The molecule has 86 valence electrons. The third-order valence-electron chi connectivity index (χ3n) is 2.09. The van der Waals surface area contributed by atoms with E-state index < -0.39 is 0 Å². The molecule has 3 nitrogen and oxygen atoms in total. The maximum atomic E-state index is 11.3. The van der Waals surface area contributed by atoms with E-state index in [0.717, 1.165) is 5.69 Å². The summed E-state index contributed by atoms with van der Waals surface area (Å²) in [5.41, 5.74) is 2.58. The topological polar surface area (TPSA) is 38.3 Å². The van der Waals surface area contributed by atoms with Crippen LogP contribution in [0.3, 0.4) is 0 Å². The summed E-state index contributed by atoms with van der Waals surface area (Å²) in [6.45, 7) is 8.25. The Labute approximate surface area is 96.1 Å². The number of ether oxygens (including phenoxy) is 1. The van der Waals surface area contributed by atoms with Crippen LogP contribution in [0.25, 0.3) is 0 Å². The van der Waals surface area contributed by atoms with Crippen LogP contribution in [0.4, 0.5) is 5.69 Å². The maximum absolute atomic E-state index is 11.3. The molecule has 0 saturated carbocycles. The normalized spacial score (nSPS) is 9.62. The van der Waals surface area contributed by atoms with Gasteiger partial charge < -0.3 is 10.1 Å². The van der Waals surface area contributed by atoms with Gasteiger partial charge in [-0.3, -0.25) is 0 Å². The third-order valence-corrected chi connectivity index (χ3v) is 2.09. The van der Waals surface area contributed by atoms with Gasteiger partial charge >= 0.3 is 5.97 Å². The van der Waals surface area contributed by atoms with Gasteiger partial charge in [-0.25, -0.2) is 4.79 Å². The Morgan fingerprint density at radius 3 is 2.88 bits per heavy atom. The van der Waals surface area contributed by atoms with Crippen molar-refractivity contribution in [2.24, 2.45) is 0 Å². The van der Waals surface area contributed by atoms with E-state index in [1.54, 1.807) is 6.92 Å². The molecule has 0 unspecified atom stereocenters. The van der Waals surface area contributed by atoms with Gasteiger partial charge in [-0.15, -0.1) is 0 Å². The summed E-state index contributed by atoms with van der Waals surface area (Å²) in [5, 5.41) is 3.12. The van der Waals surface area contributed by atoms with E-state index >= 15 is 0 Å². The molecule has 16 heavy (non-hydrogen) atoms. The first-order valence-corrected chi connectivity index (χ1v) is 5.29. The predicted molar refractivity (Wildman–Crippen MR) is 65.4 cm³/mol. The Morgan fingerprint density at radius 2 is 2.25 bits per heavy atom. The van der Waals surface area contributed by atoms with Gasteiger partial charge in [-0.1, -0.05) is 18.7 Å². The van der Waals surface area contributed by atoms with Crippen molar-refractivity contribution in [3.8, 4) is 0 Å². The van der Waals surface area contributed by atoms with Crippen LogP contribution in [0.2, 0.25) is 0 Å². The number of carbonyl (C=O) groups is 1. The lowest BCUT2D eigenvalue weighted by Gasteiger charge is -2.08. The van der Waals surface area contributed by atoms with Crippen molar-refractivity contribution in [2.75, 3.05) is 18.5 Å². The molecule has 0 heterocycles. The van der Waals surface area contributed by atoms with Crippen LogP contribution in [0.5, 0.6) is 0 Å². The number of esters is 1. The van der Waals surface area contributed by atoms with Gasteiger partial charge in [-0.05, 0) is 31.5 Å². The molecule has 0 spiro atoms. The molecule has 1 aromatic rings. The Kier molecular flexibility index (Phi) is 4.58. The van der Waals surface area contributed by atoms with Crippen molar-refractivity contribution in [1.82, 2.24) is 0 Å². The number of carbonyl (C=O) groups excluding carboxylic acids is 1. The summed E-state index contributed by atoms with van der Waals surface area (Å²) in [6.07, 6.45) is 0. The van der Waals surface area contributed by atoms with Crippen molar-refractivity contribution in [3.05, 3.63) is 42.0 Å². The summed E-state index contributed by atoms with van der Waals surface area (Å²) in [7, 11) is 0. The first-order valence-electron chi connectivity index (χ1n) is 5.29. The highest BCUT2D eigenvalue weighted by molar-refractivity contribution is 5.88. The minimum Gasteiger partial charge on any atom is -0.463 e. The van der Waals surface area contributed by atoms with E-state index in [9.17, 15) is 4.79 Å². The summed E-state index contributed by atoms with van der Waals surface area (Å²) in [5.74, 6) is -0.345. The standard InChI is InChI=1S/C13H17NO2/c1-4-16-13(15)11(3)9-14-12-7-5-6-10(2)8-12/h5-8,14H,3-4,9H2,1-2H3. The molecule has 0 aromatic heterocycles. The summed E-state index contributed by atoms with van der Waals surface area (Å²) in [6, 6.07) is 7.94. The van der Waals surface area contributed by atoms with Gasteiger partial charge in [0.1, 0.15) is 0 Å². The van der Waals surface area contributed by atoms with Crippen molar-refractivity contribution >= 4 is 11.7 Å². The molecule has 0 atom stereocenters. The van der Waals surface area contributed by atoms with Crippen LogP contribution in [0.15, 0.2) is 36.4 Å². The SMILES string of the molecule is C=C(CNc1cccc(C)c1)C(=O)OCC. The zero-order valence-corrected chi connectivity index (χ0v) is 9.75. The molecule has 0 radical (unpaired) electrons. The van der Waals surface area contributed by atoms with Crippen LogP contribution in [-0.2, 0) is 9.53 Å². The molecule has 0 fully saturated rings. The van der Waals surface area contributed by atoms with Gasteiger partial charge in [0, 0.05) is 17.8 Å². The molecule has 0 amide bonds. The minimum absolute atomic E-state index is 0.345. The molecular weight excluding hydrogens is 202 g/mol. The van der Waals surface area contributed by atoms with Gasteiger partial charge in [0.25, 0.3) is 0 Å². The van der Waals surface area contributed by atoms with Crippen LogP contribution in [-0.4, -0.2) is 19.1 Å². The summed E-state index contributed by atoms with van der Waals surface area (Å²) < 4.78 is 4.84. The second-order valence-corrected chi connectivity index (χ2v) is 3.55. The Hall–Kier alpha value is -1.77. The molecule has 1 N–H and O–H groups in total. The highest BCUT2D eigenvalue weighted by Gasteiger charge is 2.06. The van der Waals surface area contributed by atoms with E-state index in [2.05, 4.69) is 11.9 Å². The van der Waals surface area contributed by atoms with E-state index in [1.807, 2.05) is 31.2 Å². The largest absolute Gasteiger partial charge is 0.463 e. The highest BCUT2D eigenvalue weighted by Crippen LogP contribution is 2.10. The Balaban J connectivity index is 2.46. The van der Waals surface area contributed by atoms with E-state index in [4.69, 9.17) is 4.74 Å². The quantitative estimate of drug-likeness (QED) is 0.611. The molecule has 3 heteroatoms. The number of hydrogen-bond acceptors (Lipinski definition) is 3. The summed E-state index contributed by atoms with van der Waals surface area (Å²) >= 11 is 0.